The van der Waals surface area contributed by atoms with Crippen LogP contribution in [0.2, 0.25) is 0 Å². The van der Waals surface area contributed by atoms with Gasteiger partial charge in [-0.05, 0) is 23.7 Å². The first kappa shape index (κ1) is 6.82. The first-order chi connectivity index (χ1) is 5.90. The van der Waals surface area contributed by atoms with E-state index < -0.39 is 0 Å². The van der Waals surface area contributed by atoms with Crippen LogP contribution in [0.4, 0.5) is 5.69 Å². The van der Waals surface area contributed by atoms with Crippen molar-refractivity contribution in [3.63, 3.8) is 0 Å². The van der Waals surface area contributed by atoms with Crippen LogP contribution in [0.15, 0.2) is 23.3 Å². The van der Waals surface area contributed by atoms with Gasteiger partial charge in [-0.25, -0.2) is 0 Å². The number of azide groups is 1. The molecular formula is C7H5N3O2. The molecule has 1 aliphatic heterocycles. The van der Waals surface area contributed by atoms with Gasteiger partial charge in [-0.2, -0.15) is 0 Å². The van der Waals surface area contributed by atoms with Crippen LogP contribution in [-0.2, 0) is 0 Å². The molecule has 0 aliphatic carbocycles. The van der Waals surface area contributed by atoms with Gasteiger partial charge >= 0.3 is 0 Å². The molecule has 1 aromatic carbocycles. The Morgan fingerprint density at radius 1 is 1.33 bits per heavy atom. The number of fused-ring (bicyclic) bond motifs is 1. The van der Waals surface area contributed by atoms with Gasteiger partial charge in [-0.3, -0.25) is 0 Å². The Kier molecular flexibility index (Phi) is 1.50. The Morgan fingerprint density at radius 2 is 2.17 bits per heavy atom. The molecule has 0 spiro atoms. The minimum atomic E-state index is 0.231. The first-order valence-corrected chi connectivity index (χ1v) is 3.35. The van der Waals surface area contributed by atoms with Gasteiger partial charge in [-0.15, -0.1) is 0 Å². The lowest BCUT2D eigenvalue weighted by Gasteiger charge is -1.94. The molecule has 60 valence electrons. The minimum Gasteiger partial charge on any atom is -0.454 e. The number of hydrogen-bond donors (Lipinski definition) is 0. The van der Waals surface area contributed by atoms with Crippen LogP contribution in [0.5, 0.6) is 11.5 Å². The Bertz CT molecular complexity index is 358. The summed E-state index contributed by atoms with van der Waals surface area (Å²) in [5.74, 6) is 1.31. The van der Waals surface area contributed by atoms with E-state index in [0.29, 0.717) is 17.2 Å². The molecule has 5 heteroatoms. The van der Waals surface area contributed by atoms with E-state index in [-0.39, 0.29) is 6.79 Å². The van der Waals surface area contributed by atoms with Crippen LogP contribution in [0.25, 0.3) is 10.4 Å². The Hall–Kier alpha value is -1.87. The number of nitrogens with zero attached hydrogens (tertiary/aromatic N) is 3. The van der Waals surface area contributed by atoms with Crippen molar-refractivity contribution in [2.45, 2.75) is 0 Å². The molecule has 0 atom stereocenters. The van der Waals surface area contributed by atoms with Gasteiger partial charge in [0.15, 0.2) is 11.5 Å². The molecule has 0 radical (unpaired) electrons. The summed E-state index contributed by atoms with van der Waals surface area (Å²) in [5.41, 5.74) is 8.68. The maximum atomic E-state index is 8.15. The Morgan fingerprint density at radius 3 is 3.00 bits per heavy atom. The normalized spacial score (nSPS) is 12.3. The summed E-state index contributed by atoms with van der Waals surface area (Å²) in [4.78, 5) is 2.66. The monoisotopic (exact) mass is 163 g/mol. The fourth-order valence-corrected chi connectivity index (χ4v) is 0.999. The fraction of sp³-hybridized carbons (Fsp3) is 0.143. The van der Waals surface area contributed by atoms with Gasteiger partial charge in [-0.1, -0.05) is 5.11 Å². The summed E-state index contributed by atoms with van der Waals surface area (Å²) in [7, 11) is 0. The Labute approximate surface area is 68.2 Å². The molecule has 5 nitrogen and oxygen atoms in total. The molecule has 1 aliphatic rings. The largest absolute Gasteiger partial charge is 0.454 e. The fourth-order valence-electron chi connectivity index (χ4n) is 0.999. The van der Waals surface area contributed by atoms with E-state index in [1.165, 1.54) is 0 Å². The third-order valence-electron chi connectivity index (χ3n) is 1.52. The maximum absolute atomic E-state index is 8.15. The molecule has 1 aromatic rings. The van der Waals surface area contributed by atoms with Gasteiger partial charge in [0.05, 0.1) is 0 Å². The van der Waals surface area contributed by atoms with Gasteiger partial charge in [0.25, 0.3) is 0 Å². The predicted molar refractivity (Wildman–Crippen MR) is 41.4 cm³/mol. The third kappa shape index (κ3) is 1.02. The lowest BCUT2D eigenvalue weighted by Crippen LogP contribution is -1.92. The van der Waals surface area contributed by atoms with Crippen molar-refractivity contribution in [1.29, 1.82) is 0 Å². The average Bonchev–Trinajstić information content (AvgIpc) is 2.51. The van der Waals surface area contributed by atoms with Crippen molar-refractivity contribution < 1.29 is 9.47 Å². The minimum absolute atomic E-state index is 0.231. The predicted octanol–water partition coefficient (Wildman–Crippen LogP) is 2.36. The molecule has 0 amide bonds. The zero-order valence-corrected chi connectivity index (χ0v) is 6.10. The quantitative estimate of drug-likeness (QED) is 0.362. The maximum Gasteiger partial charge on any atom is 0.231 e. The first-order valence-electron chi connectivity index (χ1n) is 3.35. The van der Waals surface area contributed by atoms with E-state index in [0.717, 1.165) is 0 Å². The van der Waals surface area contributed by atoms with E-state index in [1.54, 1.807) is 18.2 Å². The molecular weight excluding hydrogens is 158 g/mol. The van der Waals surface area contributed by atoms with Crippen molar-refractivity contribution in [3.8, 4) is 11.5 Å². The highest BCUT2D eigenvalue weighted by molar-refractivity contribution is 5.52. The molecule has 12 heavy (non-hydrogen) atoms. The lowest BCUT2D eigenvalue weighted by atomic mass is 10.3. The van der Waals surface area contributed by atoms with Crippen molar-refractivity contribution in [2.75, 3.05) is 6.79 Å². The molecule has 2 rings (SSSR count). The summed E-state index contributed by atoms with van der Waals surface area (Å²) in [6.45, 7) is 0.231. The van der Waals surface area contributed by atoms with E-state index in [9.17, 15) is 0 Å². The summed E-state index contributed by atoms with van der Waals surface area (Å²) in [6.07, 6.45) is 0. The van der Waals surface area contributed by atoms with Gasteiger partial charge in [0, 0.05) is 10.6 Å². The Balaban J connectivity index is 2.45. The van der Waals surface area contributed by atoms with Crippen LogP contribution in [0, 0.1) is 0 Å². The molecule has 0 saturated heterocycles. The van der Waals surface area contributed by atoms with Crippen LogP contribution in [0.3, 0.4) is 0 Å². The van der Waals surface area contributed by atoms with Crippen molar-refractivity contribution in [1.82, 2.24) is 0 Å². The highest BCUT2D eigenvalue weighted by Crippen LogP contribution is 2.35. The number of hydrogen-bond acceptors (Lipinski definition) is 3. The number of ether oxygens (including phenoxy) is 2. The molecule has 0 unspecified atom stereocenters. The van der Waals surface area contributed by atoms with Crippen molar-refractivity contribution >= 4 is 5.69 Å². The average molecular weight is 163 g/mol. The lowest BCUT2D eigenvalue weighted by molar-refractivity contribution is 0.174. The van der Waals surface area contributed by atoms with Crippen molar-refractivity contribution in [3.05, 3.63) is 28.6 Å². The number of benzene rings is 1. The van der Waals surface area contributed by atoms with Gasteiger partial charge < -0.3 is 9.47 Å². The smallest absolute Gasteiger partial charge is 0.231 e. The van der Waals surface area contributed by atoms with E-state index >= 15 is 0 Å². The van der Waals surface area contributed by atoms with Crippen LogP contribution < -0.4 is 9.47 Å². The van der Waals surface area contributed by atoms with E-state index in [1.807, 2.05) is 0 Å². The third-order valence-corrected chi connectivity index (χ3v) is 1.52. The standard InChI is InChI=1S/C7H5N3O2/c8-10-9-5-1-2-6-7(3-5)12-4-11-6/h1-3H,4H2. The zero-order chi connectivity index (χ0) is 8.39. The zero-order valence-electron chi connectivity index (χ0n) is 6.10. The SMILES string of the molecule is [N-]=[N+]=Nc1ccc2c(c1)OCO2. The van der Waals surface area contributed by atoms with Gasteiger partial charge in [0.1, 0.15) is 0 Å². The van der Waals surface area contributed by atoms with Gasteiger partial charge in [0.2, 0.25) is 6.79 Å². The number of rotatable bonds is 1. The molecule has 0 fully saturated rings. The second kappa shape index (κ2) is 2.64. The summed E-state index contributed by atoms with van der Waals surface area (Å²) < 4.78 is 10.2. The molecule has 0 aromatic heterocycles. The van der Waals surface area contributed by atoms with Crippen LogP contribution in [-0.4, -0.2) is 6.79 Å². The molecule has 1 heterocycles. The summed E-state index contributed by atoms with van der Waals surface area (Å²) >= 11 is 0. The second-order valence-electron chi connectivity index (χ2n) is 2.23. The molecule has 0 bridgehead atoms. The summed E-state index contributed by atoms with van der Waals surface area (Å²) in [6, 6.07) is 5.03. The molecule has 0 N–H and O–H groups in total. The highest BCUT2D eigenvalue weighted by Gasteiger charge is 2.12. The van der Waals surface area contributed by atoms with E-state index in [2.05, 4.69) is 10.0 Å². The molecule has 0 saturated carbocycles. The summed E-state index contributed by atoms with van der Waals surface area (Å²) in [5, 5.41) is 3.43. The van der Waals surface area contributed by atoms with Crippen molar-refractivity contribution in [2.24, 2.45) is 5.11 Å². The van der Waals surface area contributed by atoms with Crippen LogP contribution in [0.1, 0.15) is 0 Å². The topological polar surface area (TPSA) is 67.2 Å². The highest BCUT2D eigenvalue weighted by atomic mass is 16.7. The second-order valence-corrected chi connectivity index (χ2v) is 2.23. The van der Waals surface area contributed by atoms with Crippen LogP contribution >= 0.6 is 0 Å². The van der Waals surface area contributed by atoms with E-state index in [4.69, 9.17) is 15.0 Å².